The molecule has 0 saturated heterocycles. The largest absolute Gasteiger partial charge is 0.455 e. The number of carbonyl (C=O) groups is 3. The lowest BCUT2D eigenvalue weighted by molar-refractivity contribution is 0.00377. The minimum atomic E-state index is -0.903. The summed E-state index contributed by atoms with van der Waals surface area (Å²) in [6.45, 7) is 20.9. The molecule has 0 saturated carbocycles. The van der Waals surface area contributed by atoms with Gasteiger partial charge in [-0.05, 0) is 92.5 Å². The number of esters is 3. The maximum atomic E-state index is 13.6. The van der Waals surface area contributed by atoms with Gasteiger partial charge in [-0.2, -0.15) is 0 Å². The number of rotatable bonds is 4. The topological polar surface area (TPSA) is 136 Å². The van der Waals surface area contributed by atoms with Gasteiger partial charge in [0.25, 0.3) is 0 Å². The van der Waals surface area contributed by atoms with E-state index < -0.39 is 40.5 Å². The summed E-state index contributed by atoms with van der Waals surface area (Å²) in [5.74, 6) is 9.57. The molecular formula is C32H38N4O6. The van der Waals surface area contributed by atoms with Crippen molar-refractivity contribution in [2.24, 2.45) is 0 Å². The van der Waals surface area contributed by atoms with Gasteiger partial charge >= 0.3 is 17.9 Å². The van der Waals surface area contributed by atoms with Crippen LogP contribution in [0.1, 0.15) is 106 Å². The van der Waals surface area contributed by atoms with Crippen molar-refractivity contribution < 1.29 is 28.6 Å². The number of nitrogens with zero attached hydrogens (tertiary/aromatic N) is 3. The fraction of sp³-hybridized carbons (Fsp3) is 0.406. The first-order valence-corrected chi connectivity index (χ1v) is 13.4. The quantitative estimate of drug-likeness (QED) is 0.183. The average Bonchev–Trinajstić information content (AvgIpc) is 3.11. The Balaban J connectivity index is 2.49. The van der Waals surface area contributed by atoms with Gasteiger partial charge in [-0.1, -0.05) is 30.6 Å². The van der Waals surface area contributed by atoms with Crippen LogP contribution >= 0.6 is 0 Å². The first-order valence-electron chi connectivity index (χ1n) is 13.4. The van der Waals surface area contributed by atoms with Crippen molar-refractivity contribution in [2.45, 2.75) is 86.0 Å². The lowest BCUT2D eigenvalue weighted by Crippen LogP contribution is -2.29. The van der Waals surface area contributed by atoms with E-state index in [4.69, 9.17) is 20.1 Å². The zero-order valence-corrected chi connectivity index (χ0v) is 25.9. The van der Waals surface area contributed by atoms with Crippen molar-refractivity contribution in [2.75, 3.05) is 5.84 Å². The van der Waals surface area contributed by atoms with Crippen LogP contribution in [0.2, 0.25) is 0 Å². The molecule has 3 aromatic rings. The number of allylic oxidation sites excluding steroid dienone is 1. The molecule has 0 radical (unpaired) electrons. The molecule has 2 aromatic heterocycles. The number of aromatic nitrogens is 3. The van der Waals surface area contributed by atoms with Crippen molar-refractivity contribution >= 4 is 28.9 Å². The summed E-state index contributed by atoms with van der Waals surface area (Å²) in [4.78, 5) is 49.0. The van der Waals surface area contributed by atoms with Crippen LogP contribution in [0.25, 0.3) is 22.2 Å². The molecule has 0 aliphatic heterocycles. The Hall–Kier alpha value is -4.65. The summed E-state index contributed by atoms with van der Waals surface area (Å²) >= 11 is 0. The maximum Gasteiger partial charge on any atom is 0.376 e. The number of nitrogen functional groups attached to an aromatic ring is 1. The average molecular weight is 575 g/mol. The summed E-state index contributed by atoms with van der Waals surface area (Å²) in [6, 6.07) is 7.01. The Morgan fingerprint density at radius 2 is 1.40 bits per heavy atom. The van der Waals surface area contributed by atoms with Crippen LogP contribution in [-0.4, -0.2) is 49.4 Å². The predicted octanol–water partition coefficient (Wildman–Crippen LogP) is 5.61. The fourth-order valence-corrected chi connectivity index (χ4v) is 3.82. The standard InChI is InChI=1S/C32H38N4O6/c1-18(2)15-16-19-13-12-14-20(17-19)21-22-25(36(33)24(21)28(38)41-31(6,7)8)23(27(37)40-30(3,4)5)35-26(34-22)29(39)42-32(9,10)11/h12-14,17H,1,33H2,2-11H3. The number of nitrogens with two attached hydrogens (primary N) is 1. The first kappa shape index (κ1) is 31.9. The van der Waals surface area contributed by atoms with E-state index in [0.29, 0.717) is 16.7 Å². The molecule has 0 fully saturated rings. The third-order valence-electron chi connectivity index (χ3n) is 5.18. The summed E-state index contributed by atoms with van der Waals surface area (Å²) in [5, 5.41) is 0. The third kappa shape index (κ3) is 7.75. The van der Waals surface area contributed by atoms with E-state index >= 15 is 0 Å². The van der Waals surface area contributed by atoms with Crippen LogP contribution in [0.3, 0.4) is 0 Å². The van der Waals surface area contributed by atoms with Crippen molar-refractivity contribution in [3.63, 3.8) is 0 Å². The third-order valence-corrected chi connectivity index (χ3v) is 5.18. The van der Waals surface area contributed by atoms with Crippen molar-refractivity contribution in [1.82, 2.24) is 14.6 Å². The minimum Gasteiger partial charge on any atom is -0.455 e. The van der Waals surface area contributed by atoms with Crippen molar-refractivity contribution in [3.05, 3.63) is 59.2 Å². The molecule has 0 spiro atoms. The summed E-state index contributed by atoms with van der Waals surface area (Å²) in [6.07, 6.45) is 0. The highest BCUT2D eigenvalue weighted by Gasteiger charge is 2.34. The van der Waals surface area contributed by atoms with Crippen molar-refractivity contribution in [3.8, 4) is 23.0 Å². The van der Waals surface area contributed by atoms with Crippen molar-refractivity contribution in [1.29, 1.82) is 0 Å². The van der Waals surface area contributed by atoms with Crippen LogP contribution in [-0.2, 0) is 14.2 Å². The van der Waals surface area contributed by atoms with Gasteiger partial charge in [0.1, 0.15) is 27.8 Å². The number of carbonyl (C=O) groups excluding carboxylic acids is 3. The molecule has 222 valence electrons. The molecule has 0 amide bonds. The van der Waals surface area contributed by atoms with Gasteiger partial charge in [-0.3, -0.25) is 4.68 Å². The Bertz CT molecular complexity index is 1650. The highest BCUT2D eigenvalue weighted by molar-refractivity contribution is 6.12. The molecule has 0 aliphatic carbocycles. The van der Waals surface area contributed by atoms with Crippen LogP contribution in [0.15, 0.2) is 36.4 Å². The molecule has 0 unspecified atom stereocenters. The molecule has 0 aliphatic rings. The summed E-state index contributed by atoms with van der Waals surface area (Å²) in [7, 11) is 0. The number of ether oxygens (including phenoxy) is 3. The molecule has 0 atom stereocenters. The van der Waals surface area contributed by atoms with Crippen LogP contribution in [0.5, 0.6) is 0 Å². The highest BCUT2D eigenvalue weighted by atomic mass is 16.6. The van der Waals surface area contributed by atoms with E-state index in [1.165, 1.54) is 0 Å². The molecule has 2 heterocycles. The zero-order valence-electron chi connectivity index (χ0n) is 25.9. The van der Waals surface area contributed by atoms with Crippen LogP contribution in [0, 0.1) is 11.8 Å². The normalized spacial score (nSPS) is 11.9. The highest BCUT2D eigenvalue weighted by Crippen LogP contribution is 2.36. The number of hydrogen-bond donors (Lipinski definition) is 1. The smallest absolute Gasteiger partial charge is 0.376 e. The van der Waals surface area contributed by atoms with E-state index in [-0.39, 0.29) is 28.0 Å². The van der Waals surface area contributed by atoms with Gasteiger partial charge < -0.3 is 20.1 Å². The maximum absolute atomic E-state index is 13.6. The van der Waals surface area contributed by atoms with Gasteiger partial charge in [0.2, 0.25) is 5.82 Å². The van der Waals surface area contributed by atoms with E-state index in [2.05, 4.69) is 28.4 Å². The van der Waals surface area contributed by atoms with E-state index in [9.17, 15) is 14.4 Å². The first-order chi connectivity index (χ1) is 19.2. The number of fused-ring (bicyclic) bond motifs is 1. The fourth-order valence-electron chi connectivity index (χ4n) is 3.82. The second kappa shape index (κ2) is 11.3. The van der Waals surface area contributed by atoms with Gasteiger partial charge in [0, 0.05) is 11.1 Å². The van der Waals surface area contributed by atoms with Gasteiger partial charge in [-0.25, -0.2) is 24.4 Å². The molecular weight excluding hydrogens is 536 g/mol. The molecule has 1 aromatic carbocycles. The van der Waals surface area contributed by atoms with Gasteiger partial charge in [-0.15, -0.1) is 0 Å². The Kier molecular flexibility index (Phi) is 8.59. The Morgan fingerprint density at radius 3 is 1.95 bits per heavy atom. The lowest BCUT2D eigenvalue weighted by Gasteiger charge is -2.21. The summed E-state index contributed by atoms with van der Waals surface area (Å²) < 4.78 is 17.8. The Labute approximate surface area is 246 Å². The lowest BCUT2D eigenvalue weighted by atomic mass is 10.0. The SMILES string of the molecule is C=C(C)C#Cc1cccc(-c2c(C(=O)OC(C)(C)C)n(N)c3c(C(=O)OC(C)(C)C)nc(C(=O)OC(C)(C)C)nc23)c1. The van der Waals surface area contributed by atoms with Crippen LogP contribution < -0.4 is 5.84 Å². The van der Waals surface area contributed by atoms with E-state index in [0.717, 1.165) is 4.68 Å². The molecule has 10 nitrogen and oxygen atoms in total. The number of hydrogen-bond acceptors (Lipinski definition) is 9. The monoisotopic (exact) mass is 574 g/mol. The Morgan fingerprint density at radius 1 is 0.857 bits per heavy atom. The molecule has 2 N–H and O–H groups in total. The molecule has 3 rings (SSSR count). The van der Waals surface area contributed by atoms with E-state index in [1.807, 2.05) is 0 Å². The molecule has 10 heteroatoms. The van der Waals surface area contributed by atoms with E-state index in [1.54, 1.807) is 93.5 Å². The second-order valence-electron chi connectivity index (χ2n) is 12.8. The second-order valence-corrected chi connectivity index (χ2v) is 12.8. The zero-order chi connectivity index (χ0) is 31.8. The minimum absolute atomic E-state index is 0.0224. The molecule has 0 bridgehead atoms. The number of benzene rings is 1. The summed E-state index contributed by atoms with van der Waals surface area (Å²) in [5.41, 5.74) is -1.03. The van der Waals surface area contributed by atoms with Gasteiger partial charge in [0.05, 0.1) is 0 Å². The predicted molar refractivity (Wildman–Crippen MR) is 160 cm³/mol. The van der Waals surface area contributed by atoms with Gasteiger partial charge in [0.15, 0.2) is 11.4 Å². The van der Waals surface area contributed by atoms with Crippen LogP contribution in [0.4, 0.5) is 0 Å². The molecule has 42 heavy (non-hydrogen) atoms.